The molecule has 3 rings (SSSR count). The Bertz CT molecular complexity index is 994. The third-order valence-corrected chi connectivity index (χ3v) is 5.49. The summed E-state index contributed by atoms with van der Waals surface area (Å²) in [5.74, 6) is 1.47. The number of carbonyl (C=O) groups is 1. The fourth-order valence-electron chi connectivity index (χ4n) is 2.64. The van der Waals surface area contributed by atoms with Crippen molar-refractivity contribution >= 4 is 34.1 Å². The van der Waals surface area contributed by atoms with Crippen molar-refractivity contribution in [3.05, 3.63) is 52.8 Å². The highest BCUT2D eigenvalue weighted by atomic mass is 32.2. The van der Waals surface area contributed by atoms with E-state index in [-0.39, 0.29) is 18.3 Å². The van der Waals surface area contributed by atoms with Gasteiger partial charge in [-0.15, -0.1) is 27.0 Å². The van der Waals surface area contributed by atoms with Crippen molar-refractivity contribution in [2.75, 3.05) is 11.1 Å². The standard InChI is InChI=1S/C19H22N6O2S2/c1-5-6-25-16(10-27-15-8-12(2)7-13(3)9-15)22-24-19(25)28-11-17(26)20-18-23-21-14(4)29-18/h5,7-9H,1,6,10-11H2,2-4H3,(H,20,23,26). The minimum Gasteiger partial charge on any atom is -0.486 e. The molecular weight excluding hydrogens is 408 g/mol. The summed E-state index contributed by atoms with van der Waals surface area (Å²) in [6.07, 6.45) is 1.76. The molecule has 0 saturated heterocycles. The number of nitrogens with zero attached hydrogens (tertiary/aromatic N) is 5. The Morgan fingerprint density at radius 3 is 2.62 bits per heavy atom. The molecule has 8 nitrogen and oxygen atoms in total. The Balaban J connectivity index is 1.62. The van der Waals surface area contributed by atoms with Gasteiger partial charge >= 0.3 is 0 Å². The number of aryl methyl sites for hydroxylation is 3. The molecular formula is C19H22N6O2S2. The fraction of sp³-hybridized carbons (Fsp3) is 0.316. The first-order chi connectivity index (χ1) is 13.9. The number of allylic oxidation sites excluding steroid dienone is 1. The molecule has 0 spiro atoms. The van der Waals surface area contributed by atoms with Crippen LogP contribution in [0.5, 0.6) is 5.75 Å². The number of benzene rings is 1. The van der Waals surface area contributed by atoms with Crippen LogP contribution in [0.4, 0.5) is 5.13 Å². The van der Waals surface area contributed by atoms with Crippen LogP contribution in [0, 0.1) is 20.8 Å². The lowest BCUT2D eigenvalue weighted by Crippen LogP contribution is -2.15. The molecule has 2 aromatic heterocycles. The van der Waals surface area contributed by atoms with Gasteiger partial charge in [-0.3, -0.25) is 14.7 Å². The van der Waals surface area contributed by atoms with E-state index < -0.39 is 0 Å². The van der Waals surface area contributed by atoms with Gasteiger partial charge < -0.3 is 4.74 Å². The van der Waals surface area contributed by atoms with Gasteiger partial charge in [-0.2, -0.15) is 0 Å². The Hall–Kier alpha value is -2.72. The van der Waals surface area contributed by atoms with Gasteiger partial charge in [-0.1, -0.05) is 35.2 Å². The minimum absolute atomic E-state index is 0.174. The zero-order chi connectivity index (χ0) is 20.8. The average molecular weight is 431 g/mol. The predicted molar refractivity (Wildman–Crippen MR) is 114 cm³/mol. The number of rotatable bonds is 9. The van der Waals surface area contributed by atoms with E-state index >= 15 is 0 Å². The molecule has 1 amide bonds. The third-order valence-electron chi connectivity index (χ3n) is 3.77. The molecule has 10 heteroatoms. The summed E-state index contributed by atoms with van der Waals surface area (Å²) >= 11 is 2.63. The van der Waals surface area contributed by atoms with E-state index in [1.54, 1.807) is 6.08 Å². The summed E-state index contributed by atoms with van der Waals surface area (Å²) in [7, 11) is 0. The van der Waals surface area contributed by atoms with Crippen molar-refractivity contribution in [2.24, 2.45) is 0 Å². The molecule has 0 atom stereocenters. The second-order valence-corrected chi connectivity index (χ2v) is 8.50. The first kappa shape index (κ1) is 21.0. The average Bonchev–Trinajstić information content (AvgIpc) is 3.24. The van der Waals surface area contributed by atoms with Gasteiger partial charge in [-0.05, 0) is 44.0 Å². The van der Waals surface area contributed by atoms with Crippen LogP contribution in [0.3, 0.4) is 0 Å². The Morgan fingerprint density at radius 1 is 1.21 bits per heavy atom. The van der Waals surface area contributed by atoms with Crippen molar-refractivity contribution in [1.29, 1.82) is 0 Å². The smallest absolute Gasteiger partial charge is 0.236 e. The van der Waals surface area contributed by atoms with Crippen molar-refractivity contribution in [3.63, 3.8) is 0 Å². The van der Waals surface area contributed by atoms with E-state index in [1.165, 1.54) is 23.1 Å². The van der Waals surface area contributed by atoms with Gasteiger partial charge in [0.05, 0.1) is 5.75 Å². The normalized spacial score (nSPS) is 10.7. The maximum Gasteiger partial charge on any atom is 0.236 e. The maximum absolute atomic E-state index is 12.2. The van der Waals surface area contributed by atoms with E-state index in [0.717, 1.165) is 21.9 Å². The molecule has 0 aliphatic carbocycles. The Labute approximate surface area is 177 Å². The van der Waals surface area contributed by atoms with Crippen molar-refractivity contribution in [1.82, 2.24) is 25.0 Å². The summed E-state index contributed by atoms with van der Waals surface area (Å²) in [5.41, 5.74) is 2.28. The lowest BCUT2D eigenvalue weighted by Gasteiger charge is -2.10. The summed E-state index contributed by atoms with van der Waals surface area (Å²) in [6.45, 7) is 10.5. The number of carbonyl (C=O) groups excluding carboxylic acids is 1. The zero-order valence-electron chi connectivity index (χ0n) is 16.5. The molecule has 152 valence electrons. The lowest BCUT2D eigenvalue weighted by molar-refractivity contribution is -0.113. The molecule has 0 aliphatic rings. The first-order valence-electron chi connectivity index (χ1n) is 8.91. The second kappa shape index (κ2) is 9.66. The highest BCUT2D eigenvalue weighted by Crippen LogP contribution is 2.21. The monoisotopic (exact) mass is 430 g/mol. The Kier molecular flexibility index (Phi) is 6.99. The summed E-state index contributed by atoms with van der Waals surface area (Å²) in [5, 5.41) is 20.9. The largest absolute Gasteiger partial charge is 0.486 e. The number of hydrogen-bond donors (Lipinski definition) is 1. The maximum atomic E-state index is 12.2. The van der Waals surface area contributed by atoms with Gasteiger partial charge in [0.1, 0.15) is 17.4 Å². The molecule has 3 aromatic rings. The van der Waals surface area contributed by atoms with E-state index in [0.29, 0.717) is 22.7 Å². The van der Waals surface area contributed by atoms with E-state index in [4.69, 9.17) is 4.74 Å². The van der Waals surface area contributed by atoms with Crippen LogP contribution >= 0.6 is 23.1 Å². The van der Waals surface area contributed by atoms with Crippen LogP contribution in [-0.2, 0) is 17.9 Å². The fourth-order valence-corrected chi connectivity index (χ4v) is 4.02. The van der Waals surface area contributed by atoms with E-state index in [9.17, 15) is 4.79 Å². The van der Waals surface area contributed by atoms with E-state index in [1.807, 2.05) is 37.5 Å². The van der Waals surface area contributed by atoms with Crippen molar-refractivity contribution in [2.45, 2.75) is 39.1 Å². The molecule has 1 aromatic carbocycles. The SMILES string of the molecule is C=CCn1c(COc2cc(C)cc(C)c2)nnc1SCC(=O)Nc1nnc(C)s1. The van der Waals surface area contributed by atoms with Crippen molar-refractivity contribution < 1.29 is 9.53 Å². The highest BCUT2D eigenvalue weighted by Gasteiger charge is 2.15. The molecule has 0 saturated carbocycles. The van der Waals surface area contributed by atoms with Crippen molar-refractivity contribution in [3.8, 4) is 5.75 Å². The summed E-state index contributed by atoms with van der Waals surface area (Å²) < 4.78 is 7.79. The van der Waals surface area contributed by atoms with Gasteiger partial charge in [0.15, 0.2) is 11.0 Å². The summed E-state index contributed by atoms with van der Waals surface area (Å²) in [6, 6.07) is 6.06. The molecule has 0 fully saturated rings. The van der Waals surface area contributed by atoms with Crippen LogP contribution in [-0.4, -0.2) is 36.6 Å². The number of thioether (sulfide) groups is 1. The number of ether oxygens (including phenoxy) is 1. The molecule has 0 bridgehead atoms. The van der Waals surface area contributed by atoms with Crippen LogP contribution in [0.15, 0.2) is 36.0 Å². The van der Waals surface area contributed by atoms with Gasteiger partial charge in [-0.25, -0.2) is 0 Å². The topological polar surface area (TPSA) is 94.8 Å². The minimum atomic E-state index is -0.174. The molecule has 0 aliphatic heterocycles. The van der Waals surface area contributed by atoms with E-state index in [2.05, 4.69) is 38.4 Å². The summed E-state index contributed by atoms with van der Waals surface area (Å²) in [4.78, 5) is 12.2. The predicted octanol–water partition coefficient (Wildman–Crippen LogP) is 3.55. The van der Waals surface area contributed by atoms with Crippen LogP contribution in [0.1, 0.15) is 22.0 Å². The number of amides is 1. The number of anilines is 1. The van der Waals surface area contributed by atoms with Gasteiger partial charge in [0.25, 0.3) is 0 Å². The quantitative estimate of drug-likeness (QED) is 0.410. The number of hydrogen-bond acceptors (Lipinski definition) is 8. The number of aromatic nitrogens is 5. The molecule has 2 heterocycles. The third kappa shape index (κ3) is 5.88. The molecule has 0 unspecified atom stereocenters. The highest BCUT2D eigenvalue weighted by molar-refractivity contribution is 7.99. The lowest BCUT2D eigenvalue weighted by atomic mass is 10.1. The van der Waals surface area contributed by atoms with Gasteiger partial charge in [0.2, 0.25) is 11.0 Å². The molecule has 29 heavy (non-hydrogen) atoms. The van der Waals surface area contributed by atoms with Crippen LogP contribution in [0.2, 0.25) is 0 Å². The second-order valence-electron chi connectivity index (χ2n) is 6.37. The van der Waals surface area contributed by atoms with Crippen LogP contribution in [0.25, 0.3) is 0 Å². The zero-order valence-corrected chi connectivity index (χ0v) is 18.1. The van der Waals surface area contributed by atoms with Crippen LogP contribution < -0.4 is 10.1 Å². The van der Waals surface area contributed by atoms with Gasteiger partial charge in [0, 0.05) is 6.54 Å². The number of nitrogens with one attached hydrogen (secondary N) is 1. The first-order valence-corrected chi connectivity index (χ1v) is 10.7. The molecule has 1 N–H and O–H groups in total. The molecule has 0 radical (unpaired) electrons. The Morgan fingerprint density at radius 2 is 1.97 bits per heavy atom.